The molecule has 0 N–H and O–H groups in total. The third-order valence-corrected chi connectivity index (χ3v) is 4.95. The summed E-state index contributed by atoms with van der Waals surface area (Å²) in [6.07, 6.45) is 1.69. The van der Waals surface area contributed by atoms with E-state index < -0.39 is 0 Å². The van der Waals surface area contributed by atoms with Gasteiger partial charge in [0.25, 0.3) is 0 Å². The lowest BCUT2D eigenvalue weighted by Gasteiger charge is -1.98. The molecule has 0 atom stereocenters. The minimum atomic E-state index is 0.582. The van der Waals surface area contributed by atoms with Gasteiger partial charge < -0.3 is 0 Å². The molecule has 0 unspecified atom stereocenters. The molecule has 3 aromatic heterocycles. The summed E-state index contributed by atoms with van der Waals surface area (Å²) in [5, 5.41) is 18.8. The van der Waals surface area contributed by atoms with Crippen molar-refractivity contribution >= 4 is 16.3 Å². The number of hydrogen-bond donors (Lipinski definition) is 0. The SMILES string of the molecule is CC(C)Cc1cc(-c2nn3c(Cc4ccccc4)nnc3s2)n(C)n1. The molecule has 0 saturated carbocycles. The number of aromatic nitrogens is 6. The predicted octanol–water partition coefficient (Wildman–Crippen LogP) is 3.38. The van der Waals surface area contributed by atoms with Crippen molar-refractivity contribution < 1.29 is 0 Å². The molecule has 0 radical (unpaired) electrons. The van der Waals surface area contributed by atoms with Crippen LogP contribution in [-0.2, 0) is 19.9 Å². The molecule has 25 heavy (non-hydrogen) atoms. The van der Waals surface area contributed by atoms with Gasteiger partial charge in [0.15, 0.2) is 10.8 Å². The molecule has 0 aliphatic carbocycles. The van der Waals surface area contributed by atoms with Crippen LogP contribution in [0.1, 0.15) is 30.9 Å². The molecule has 7 heteroatoms. The Balaban J connectivity index is 1.67. The van der Waals surface area contributed by atoms with Gasteiger partial charge in [0.2, 0.25) is 4.96 Å². The maximum atomic E-state index is 4.74. The molecule has 128 valence electrons. The van der Waals surface area contributed by atoms with Crippen LogP contribution >= 0.6 is 11.3 Å². The van der Waals surface area contributed by atoms with Gasteiger partial charge in [-0.1, -0.05) is 55.5 Å². The second-order valence-electron chi connectivity index (χ2n) is 6.62. The fourth-order valence-electron chi connectivity index (χ4n) is 2.89. The Morgan fingerprint density at radius 2 is 1.88 bits per heavy atom. The van der Waals surface area contributed by atoms with E-state index in [2.05, 4.69) is 47.3 Å². The van der Waals surface area contributed by atoms with E-state index >= 15 is 0 Å². The first-order chi connectivity index (χ1) is 12.1. The largest absolute Gasteiger partial charge is 0.265 e. The quantitative estimate of drug-likeness (QED) is 0.552. The van der Waals surface area contributed by atoms with Gasteiger partial charge in [-0.25, -0.2) is 0 Å². The highest BCUT2D eigenvalue weighted by molar-refractivity contribution is 7.19. The normalized spacial score (nSPS) is 11.7. The number of hydrogen-bond acceptors (Lipinski definition) is 5. The summed E-state index contributed by atoms with van der Waals surface area (Å²) in [5.41, 5.74) is 3.32. The predicted molar refractivity (Wildman–Crippen MR) is 98.7 cm³/mol. The number of benzene rings is 1. The van der Waals surface area contributed by atoms with Crippen LogP contribution in [0.2, 0.25) is 0 Å². The summed E-state index contributed by atoms with van der Waals surface area (Å²) in [6.45, 7) is 4.40. The van der Waals surface area contributed by atoms with E-state index in [-0.39, 0.29) is 0 Å². The Hall–Kier alpha value is -2.54. The van der Waals surface area contributed by atoms with Crippen LogP contribution in [0.4, 0.5) is 0 Å². The van der Waals surface area contributed by atoms with Gasteiger partial charge in [0.1, 0.15) is 0 Å². The summed E-state index contributed by atoms with van der Waals surface area (Å²) >= 11 is 1.55. The summed E-state index contributed by atoms with van der Waals surface area (Å²) < 4.78 is 3.75. The van der Waals surface area contributed by atoms with Crippen LogP contribution in [0.25, 0.3) is 15.7 Å². The Kier molecular flexibility index (Phi) is 4.09. The molecule has 0 amide bonds. The van der Waals surface area contributed by atoms with E-state index in [1.807, 2.05) is 34.4 Å². The van der Waals surface area contributed by atoms with Gasteiger partial charge in [-0.15, -0.1) is 10.2 Å². The van der Waals surface area contributed by atoms with Crippen molar-refractivity contribution in [3.05, 3.63) is 53.5 Å². The molecular formula is C18H20N6S. The molecule has 4 aromatic rings. The first-order valence-corrected chi connectivity index (χ1v) is 9.20. The van der Waals surface area contributed by atoms with Gasteiger partial charge in [-0.3, -0.25) is 4.68 Å². The molecule has 0 saturated heterocycles. The van der Waals surface area contributed by atoms with Crippen LogP contribution < -0.4 is 0 Å². The van der Waals surface area contributed by atoms with E-state index in [9.17, 15) is 0 Å². The standard InChI is InChI=1S/C18H20N6S/c1-12(2)9-14-11-15(23(3)21-14)17-22-24-16(19-20-18(24)25-17)10-13-7-5-4-6-8-13/h4-8,11-12H,9-10H2,1-3H3. The highest BCUT2D eigenvalue weighted by Gasteiger charge is 2.17. The maximum absolute atomic E-state index is 4.74. The summed E-state index contributed by atoms with van der Waals surface area (Å²) in [7, 11) is 1.96. The van der Waals surface area contributed by atoms with Gasteiger partial charge in [-0.2, -0.15) is 14.7 Å². The number of fused-ring (bicyclic) bond motifs is 1. The number of rotatable bonds is 5. The first kappa shape index (κ1) is 16.0. The van der Waals surface area contributed by atoms with Crippen LogP contribution in [0, 0.1) is 5.92 Å². The van der Waals surface area contributed by atoms with Crippen molar-refractivity contribution in [2.24, 2.45) is 13.0 Å². The van der Waals surface area contributed by atoms with Crippen LogP contribution in [0.5, 0.6) is 0 Å². The average molecular weight is 352 g/mol. The second-order valence-corrected chi connectivity index (χ2v) is 7.58. The third-order valence-electron chi connectivity index (χ3n) is 4.03. The molecule has 1 aromatic carbocycles. The van der Waals surface area contributed by atoms with Crippen LogP contribution in [0.15, 0.2) is 36.4 Å². The van der Waals surface area contributed by atoms with Crippen molar-refractivity contribution in [1.29, 1.82) is 0 Å². The lowest BCUT2D eigenvalue weighted by atomic mass is 10.1. The number of nitrogens with zero attached hydrogens (tertiary/aromatic N) is 6. The number of aryl methyl sites for hydroxylation is 1. The molecule has 0 fully saturated rings. The summed E-state index contributed by atoms with van der Waals surface area (Å²) in [5.74, 6) is 1.44. The highest BCUT2D eigenvalue weighted by atomic mass is 32.1. The monoisotopic (exact) mass is 352 g/mol. The van der Waals surface area contributed by atoms with Crippen molar-refractivity contribution in [3.63, 3.8) is 0 Å². The molecule has 3 heterocycles. The summed E-state index contributed by atoms with van der Waals surface area (Å²) in [4.78, 5) is 0.813. The Bertz CT molecular complexity index is 995. The molecule has 4 rings (SSSR count). The van der Waals surface area contributed by atoms with E-state index in [1.54, 1.807) is 11.3 Å². The van der Waals surface area contributed by atoms with Gasteiger partial charge >= 0.3 is 0 Å². The second kappa shape index (κ2) is 6.40. The van der Waals surface area contributed by atoms with E-state index in [0.29, 0.717) is 5.92 Å². The zero-order chi connectivity index (χ0) is 17.4. The molecule has 0 bridgehead atoms. The molecule has 0 aliphatic heterocycles. The minimum Gasteiger partial charge on any atom is -0.265 e. The zero-order valence-electron chi connectivity index (χ0n) is 14.5. The average Bonchev–Trinajstić information content (AvgIpc) is 3.24. The van der Waals surface area contributed by atoms with Gasteiger partial charge in [-0.05, 0) is 24.0 Å². The third kappa shape index (κ3) is 3.19. The highest BCUT2D eigenvalue weighted by Crippen LogP contribution is 2.26. The van der Waals surface area contributed by atoms with Crippen molar-refractivity contribution in [2.45, 2.75) is 26.7 Å². The van der Waals surface area contributed by atoms with E-state index in [4.69, 9.17) is 5.10 Å². The van der Waals surface area contributed by atoms with Gasteiger partial charge in [0.05, 0.1) is 11.4 Å². The lowest BCUT2D eigenvalue weighted by Crippen LogP contribution is -1.99. The molecule has 0 spiro atoms. The molecule has 6 nitrogen and oxygen atoms in total. The molecular weight excluding hydrogens is 332 g/mol. The van der Waals surface area contributed by atoms with Crippen molar-refractivity contribution in [1.82, 2.24) is 29.6 Å². The van der Waals surface area contributed by atoms with Gasteiger partial charge in [0, 0.05) is 13.5 Å². The maximum Gasteiger partial charge on any atom is 0.235 e. The van der Waals surface area contributed by atoms with Crippen LogP contribution in [-0.4, -0.2) is 29.6 Å². The lowest BCUT2D eigenvalue weighted by molar-refractivity contribution is 0.621. The smallest absolute Gasteiger partial charge is 0.235 e. The zero-order valence-corrected chi connectivity index (χ0v) is 15.4. The topological polar surface area (TPSA) is 60.9 Å². The Morgan fingerprint density at radius 1 is 1.08 bits per heavy atom. The van der Waals surface area contributed by atoms with Crippen molar-refractivity contribution in [3.8, 4) is 10.7 Å². The van der Waals surface area contributed by atoms with Crippen molar-refractivity contribution in [2.75, 3.05) is 0 Å². The summed E-state index contributed by atoms with van der Waals surface area (Å²) in [6, 6.07) is 12.4. The van der Waals surface area contributed by atoms with Crippen LogP contribution in [0.3, 0.4) is 0 Å². The first-order valence-electron chi connectivity index (χ1n) is 8.38. The van der Waals surface area contributed by atoms with E-state index in [1.165, 1.54) is 5.56 Å². The Labute approximate surface area is 150 Å². The fraction of sp³-hybridized carbons (Fsp3) is 0.333. The minimum absolute atomic E-state index is 0.582. The Morgan fingerprint density at radius 3 is 2.64 bits per heavy atom. The molecule has 0 aliphatic rings. The van der Waals surface area contributed by atoms with E-state index in [0.717, 1.165) is 40.0 Å². The fourth-order valence-corrected chi connectivity index (χ4v) is 3.80.